The number of ether oxygens (including phenoxy) is 1. The van der Waals surface area contributed by atoms with E-state index in [1.807, 2.05) is 48.5 Å². The van der Waals surface area contributed by atoms with Gasteiger partial charge in [0, 0.05) is 28.9 Å². The number of benzene rings is 3. The van der Waals surface area contributed by atoms with E-state index in [9.17, 15) is 19.8 Å². The number of carbonyl (C=O) groups is 2. The molecular formula is C33H31NO5. The zero-order valence-electron chi connectivity index (χ0n) is 21.7. The van der Waals surface area contributed by atoms with Crippen LogP contribution in [0.1, 0.15) is 77.4 Å². The van der Waals surface area contributed by atoms with Gasteiger partial charge in [-0.15, -0.1) is 0 Å². The second-order valence-corrected chi connectivity index (χ2v) is 11.5. The van der Waals surface area contributed by atoms with Crippen molar-refractivity contribution in [1.82, 2.24) is 4.57 Å². The van der Waals surface area contributed by atoms with Crippen LogP contribution >= 0.6 is 0 Å². The molecule has 2 saturated carbocycles. The van der Waals surface area contributed by atoms with Gasteiger partial charge in [-0.05, 0) is 72.2 Å². The third-order valence-electron chi connectivity index (χ3n) is 9.21. The Morgan fingerprint density at radius 1 is 0.949 bits per heavy atom. The minimum Gasteiger partial charge on any atom is -0.489 e. The summed E-state index contributed by atoms with van der Waals surface area (Å²) in [5, 5.41) is 21.3. The van der Waals surface area contributed by atoms with E-state index >= 15 is 0 Å². The van der Waals surface area contributed by atoms with Gasteiger partial charge in [-0.2, -0.15) is 0 Å². The average molecular weight is 522 g/mol. The summed E-state index contributed by atoms with van der Waals surface area (Å²) in [6.07, 6.45) is 6.32. The van der Waals surface area contributed by atoms with Gasteiger partial charge in [-0.1, -0.05) is 55.7 Å². The highest BCUT2D eigenvalue weighted by atomic mass is 16.5. The molecule has 3 aromatic carbocycles. The van der Waals surface area contributed by atoms with Crippen molar-refractivity contribution in [3.63, 3.8) is 0 Å². The van der Waals surface area contributed by atoms with Crippen molar-refractivity contribution in [3.05, 3.63) is 89.0 Å². The molecule has 39 heavy (non-hydrogen) atoms. The van der Waals surface area contributed by atoms with Crippen molar-refractivity contribution in [1.29, 1.82) is 0 Å². The van der Waals surface area contributed by atoms with Gasteiger partial charge in [0.1, 0.15) is 12.4 Å². The molecule has 0 saturated heterocycles. The van der Waals surface area contributed by atoms with Gasteiger partial charge in [-0.25, -0.2) is 4.79 Å². The zero-order chi connectivity index (χ0) is 26.7. The summed E-state index contributed by atoms with van der Waals surface area (Å²) >= 11 is 0. The number of rotatable bonds is 6. The topological polar surface area (TPSA) is 88.8 Å². The van der Waals surface area contributed by atoms with Gasteiger partial charge in [0.05, 0.1) is 16.7 Å². The molecule has 6 heteroatoms. The first-order chi connectivity index (χ1) is 19.0. The Bertz CT molecular complexity index is 1610. The third kappa shape index (κ3) is 3.84. The third-order valence-corrected chi connectivity index (χ3v) is 9.21. The number of carboxylic acid groups (broad SMARTS) is 2. The minimum atomic E-state index is -0.974. The second kappa shape index (κ2) is 9.01. The van der Waals surface area contributed by atoms with Crippen LogP contribution in [0.15, 0.2) is 66.7 Å². The molecule has 198 valence electrons. The number of fused-ring (bicyclic) bond motifs is 7. The van der Waals surface area contributed by atoms with Crippen LogP contribution in [0.2, 0.25) is 0 Å². The Morgan fingerprint density at radius 2 is 1.74 bits per heavy atom. The van der Waals surface area contributed by atoms with E-state index in [0.717, 1.165) is 51.9 Å². The quantitative estimate of drug-likeness (QED) is 0.280. The Balaban J connectivity index is 1.43. The van der Waals surface area contributed by atoms with Gasteiger partial charge in [0.25, 0.3) is 0 Å². The number of aromatic carboxylic acids is 1. The van der Waals surface area contributed by atoms with Gasteiger partial charge >= 0.3 is 11.9 Å². The molecule has 2 atom stereocenters. The van der Waals surface area contributed by atoms with Crippen LogP contribution < -0.4 is 4.74 Å². The van der Waals surface area contributed by atoms with Gasteiger partial charge in [-0.3, -0.25) is 4.79 Å². The maximum atomic E-state index is 12.8. The first-order valence-electron chi connectivity index (χ1n) is 13.9. The standard InChI is InChI=1S/C33H31NO5/c35-31(36)22-11-13-25-28(15-22)34-19-33(32(37)38)17-27(33)26-16-23(39-18-20-7-3-1-4-8-20)12-14-24(26)30(34)29(25)21-9-5-2-6-10-21/h1,3-4,7-8,11-16,21,27H,2,5-6,9-10,17-19H2,(H,35,36)(H,37,38). The van der Waals surface area contributed by atoms with Crippen molar-refractivity contribution < 1.29 is 24.5 Å². The Hall–Kier alpha value is -4.06. The number of carboxylic acids is 2. The highest BCUT2D eigenvalue weighted by molar-refractivity contribution is 5.99. The lowest BCUT2D eigenvalue weighted by Crippen LogP contribution is -2.22. The van der Waals surface area contributed by atoms with E-state index in [1.54, 1.807) is 12.1 Å². The van der Waals surface area contributed by atoms with Crippen LogP contribution in [0, 0.1) is 5.41 Å². The number of nitrogens with zero attached hydrogens (tertiary/aromatic N) is 1. The predicted molar refractivity (Wildman–Crippen MR) is 148 cm³/mol. The van der Waals surface area contributed by atoms with E-state index in [4.69, 9.17) is 4.74 Å². The fraction of sp³-hybridized carbons (Fsp3) is 0.333. The fourth-order valence-electron chi connectivity index (χ4n) is 7.12. The molecule has 0 amide bonds. The Labute approximate surface area is 226 Å². The number of aliphatic carboxylic acids is 1. The summed E-state index contributed by atoms with van der Waals surface area (Å²) in [6, 6.07) is 21.5. The molecule has 2 heterocycles. The Kier molecular flexibility index (Phi) is 5.55. The van der Waals surface area contributed by atoms with E-state index in [1.165, 1.54) is 24.8 Å². The van der Waals surface area contributed by atoms with Crippen molar-refractivity contribution >= 4 is 22.8 Å². The molecule has 2 unspecified atom stereocenters. The van der Waals surface area contributed by atoms with Crippen LogP contribution in [0.5, 0.6) is 5.75 Å². The molecular weight excluding hydrogens is 490 g/mol. The molecule has 0 spiro atoms. The normalized spacial score (nSPS) is 21.9. The maximum absolute atomic E-state index is 12.8. The van der Waals surface area contributed by atoms with Gasteiger partial charge < -0.3 is 19.5 Å². The Morgan fingerprint density at radius 3 is 2.49 bits per heavy atom. The van der Waals surface area contributed by atoms with E-state index in [2.05, 4.69) is 10.6 Å². The molecule has 2 aliphatic carbocycles. The van der Waals surface area contributed by atoms with Crippen LogP contribution in [0.4, 0.5) is 0 Å². The summed E-state index contributed by atoms with van der Waals surface area (Å²) in [6.45, 7) is 0.781. The SMILES string of the molecule is O=C(O)c1ccc2c(C3CCCCC3)c3n(c2c1)CC1(C(=O)O)CC1c1cc(OCc2ccccc2)ccc1-3. The predicted octanol–water partition coefficient (Wildman–Crippen LogP) is 7.21. The lowest BCUT2D eigenvalue weighted by molar-refractivity contribution is -0.144. The summed E-state index contributed by atoms with van der Waals surface area (Å²) in [5.74, 6) is -0.774. The lowest BCUT2D eigenvalue weighted by atomic mass is 9.81. The average Bonchev–Trinajstić information content (AvgIpc) is 3.63. The van der Waals surface area contributed by atoms with Crippen molar-refractivity contribution in [2.75, 3.05) is 0 Å². The summed E-state index contributed by atoms with van der Waals surface area (Å²) in [5.41, 5.74) is 5.62. The second-order valence-electron chi connectivity index (χ2n) is 11.5. The summed E-state index contributed by atoms with van der Waals surface area (Å²) in [4.78, 5) is 24.7. The molecule has 3 aliphatic rings. The molecule has 6 nitrogen and oxygen atoms in total. The smallest absolute Gasteiger partial charge is 0.335 e. The van der Waals surface area contributed by atoms with Crippen molar-refractivity contribution in [2.45, 2.75) is 63.5 Å². The monoisotopic (exact) mass is 521 g/mol. The number of aromatic nitrogens is 1. The fourth-order valence-corrected chi connectivity index (χ4v) is 7.12. The minimum absolute atomic E-state index is 0.109. The van der Waals surface area contributed by atoms with Gasteiger partial charge in [0.15, 0.2) is 0 Å². The molecule has 2 N–H and O–H groups in total. The summed E-state index contributed by atoms with van der Waals surface area (Å²) in [7, 11) is 0. The van der Waals surface area contributed by atoms with Crippen LogP contribution in [-0.4, -0.2) is 26.7 Å². The van der Waals surface area contributed by atoms with Crippen LogP contribution in [0.25, 0.3) is 22.2 Å². The molecule has 7 rings (SSSR count). The molecule has 0 bridgehead atoms. The molecule has 2 fully saturated rings. The van der Waals surface area contributed by atoms with Gasteiger partial charge in [0.2, 0.25) is 0 Å². The molecule has 0 radical (unpaired) electrons. The molecule has 4 aromatic rings. The molecule has 1 aromatic heterocycles. The van der Waals surface area contributed by atoms with E-state index in [-0.39, 0.29) is 11.5 Å². The number of hydrogen-bond acceptors (Lipinski definition) is 3. The molecule has 1 aliphatic heterocycles. The highest BCUT2D eigenvalue weighted by Crippen LogP contribution is 2.65. The first kappa shape index (κ1) is 24.0. The van der Waals surface area contributed by atoms with Crippen LogP contribution in [0.3, 0.4) is 0 Å². The largest absolute Gasteiger partial charge is 0.489 e. The van der Waals surface area contributed by atoms with Crippen molar-refractivity contribution in [3.8, 4) is 17.0 Å². The highest BCUT2D eigenvalue weighted by Gasteiger charge is 2.63. The first-order valence-corrected chi connectivity index (χ1v) is 13.9. The van der Waals surface area contributed by atoms with E-state index in [0.29, 0.717) is 25.5 Å². The maximum Gasteiger partial charge on any atom is 0.335 e. The van der Waals surface area contributed by atoms with E-state index < -0.39 is 17.4 Å². The van der Waals surface area contributed by atoms with Crippen molar-refractivity contribution in [2.24, 2.45) is 5.41 Å². The van der Waals surface area contributed by atoms with Crippen LogP contribution in [-0.2, 0) is 17.9 Å². The zero-order valence-corrected chi connectivity index (χ0v) is 21.7. The lowest BCUT2D eigenvalue weighted by Gasteiger charge is -2.24. The summed E-state index contributed by atoms with van der Waals surface area (Å²) < 4.78 is 8.31. The number of hydrogen-bond donors (Lipinski definition) is 2.